The van der Waals surface area contributed by atoms with Crippen LogP contribution in [-0.2, 0) is 0 Å². The number of carbonyl (C=O) groups excluding carboxylic acids is 1. The molecule has 4 rings (SSSR count). The van der Waals surface area contributed by atoms with E-state index < -0.39 is 5.92 Å². The first-order chi connectivity index (χ1) is 15.7. The van der Waals surface area contributed by atoms with Gasteiger partial charge in [0.25, 0.3) is 5.91 Å². The fourth-order valence-electron chi connectivity index (χ4n) is 4.18. The van der Waals surface area contributed by atoms with E-state index in [2.05, 4.69) is 15.5 Å². The number of benzene rings is 2. The molecule has 1 aliphatic rings. The molecule has 0 saturated carbocycles. The van der Waals surface area contributed by atoms with Gasteiger partial charge in [-0.1, -0.05) is 42.0 Å². The van der Waals surface area contributed by atoms with Gasteiger partial charge in [-0.3, -0.25) is 4.79 Å². The zero-order chi connectivity index (χ0) is 23.6. The summed E-state index contributed by atoms with van der Waals surface area (Å²) < 4.78 is 28.0. The second kappa shape index (κ2) is 9.25. The quantitative estimate of drug-likeness (QED) is 0.534. The summed E-state index contributed by atoms with van der Waals surface area (Å²) in [6.45, 7) is 6.31. The summed E-state index contributed by atoms with van der Waals surface area (Å²) in [5.41, 5.74) is 5.30. The second-order valence-corrected chi connectivity index (χ2v) is 8.76. The van der Waals surface area contributed by atoms with E-state index in [-0.39, 0.29) is 25.3 Å². The topological polar surface area (TPSA) is 58.1 Å². The molecule has 5 nitrogen and oxygen atoms in total. The molecule has 0 aliphatic carbocycles. The van der Waals surface area contributed by atoms with Gasteiger partial charge in [0.1, 0.15) is 0 Å². The minimum absolute atomic E-state index is 0.121. The average molecular weight is 451 g/mol. The van der Waals surface area contributed by atoms with Crippen LogP contribution in [0, 0.1) is 20.8 Å². The average Bonchev–Trinajstić information content (AvgIpc) is 2.94. The standard InChI is InChI=1S/C26H28F2N4O/c1-17-8-10-20(11-9-17)23-19(3)22(25(33)29-21-7-4-6-18(2)16-21)24(31-30-23)32-14-5-12-26(27,28)13-15-32/h4,6-11,16H,5,12-15H2,1-3H3,(H,29,33). The SMILES string of the molecule is Cc1ccc(-c2nnc(N3CCCC(F)(F)CC3)c(C(=O)Nc3cccc(C)c3)c2C)cc1. The van der Waals surface area contributed by atoms with Crippen LogP contribution in [-0.4, -0.2) is 35.1 Å². The number of carbonyl (C=O) groups is 1. The van der Waals surface area contributed by atoms with Gasteiger partial charge in [-0.2, -0.15) is 0 Å². The Morgan fingerprint density at radius 1 is 0.970 bits per heavy atom. The van der Waals surface area contributed by atoms with Gasteiger partial charge in [0, 0.05) is 37.2 Å². The highest BCUT2D eigenvalue weighted by Crippen LogP contribution is 2.33. The van der Waals surface area contributed by atoms with Gasteiger partial charge < -0.3 is 10.2 Å². The molecule has 33 heavy (non-hydrogen) atoms. The minimum Gasteiger partial charge on any atom is -0.354 e. The number of nitrogens with zero attached hydrogens (tertiary/aromatic N) is 3. The molecule has 7 heteroatoms. The fourth-order valence-corrected chi connectivity index (χ4v) is 4.18. The summed E-state index contributed by atoms with van der Waals surface area (Å²) in [5.74, 6) is -2.68. The summed E-state index contributed by atoms with van der Waals surface area (Å²) in [4.78, 5) is 15.3. The van der Waals surface area contributed by atoms with Crippen LogP contribution >= 0.6 is 0 Å². The van der Waals surface area contributed by atoms with Crippen LogP contribution in [0.25, 0.3) is 11.3 Å². The Morgan fingerprint density at radius 3 is 2.45 bits per heavy atom. The lowest BCUT2D eigenvalue weighted by Crippen LogP contribution is -2.30. The first-order valence-corrected chi connectivity index (χ1v) is 11.2. The van der Waals surface area contributed by atoms with Gasteiger partial charge in [0.05, 0.1) is 11.3 Å². The predicted molar refractivity (Wildman–Crippen MR) is 127 cm³/mol. The number of aromatic nitrogens is 2. The second-order valence-electron chi connectivity index (χ2n) is 8.76. The van der Waals surface area contributed by atoms with Crippen molar-refractivity contribution in [1.29, 1.82) is 0 Å². The van der Waals surface area contributed by atoms with Crippen LogP contribution in [0.2, 0.25) is 0 Å². The Labute approximate surface area is 192 Å². The minimum atomic E-state index is -2.71. The smallest absolute Gasteiger partial charge is 0.259 e. The molecule has 172 valence electrons. The molecule has 1 N–H and O–H groups in total. The summed E-state index contributed by atoms with van der Waals surface area (Å²) in [6, 6.07) is 15.4. The van der Waals surface area contributed by atoms with E-state index >= 15 is 0 Å². The van der Waals surface area contributed by atoms with E-state index in [0.29, 0.717) is 41.3 Å². The molecular formula is C26H28F2N4O. The van der Waals surface area contributed by atoms with Crippen molar-refractivity contribution in [3.8, 4) is 11.3 Å². The number of alkyl halides is 2. The maximum Gasteiger partial charge on any atom is 0.259 e. The molecule has 2 heterocycles. The Balaban J connectivity index is 1.77. The molecule has 3 aromatic rings. The number of amides is 1. The normalized spacial score (nSPS) is 15.7. The number of hydrogen-bond donors (Lipinski definition) is 1. The fraction of sp³-hybridized carbons (Fsp3) is 0.346. The highest BCUT2D eigenvalue weighted by Gasteiger charge is 2.34. The van der Waals surface area contributed by atoms with Crippen LogP contribution in [0.4, 0.5) is 20.3 Å². The molecule has 0 spiro atoms. The van der Waals surface area contributed by atoms with Crippen LogP contribution in [0.15, 0.2) is 48.5 Å². The van der Waals surface area contributed by atoms with Gasteiger partial charge in [-0.05, 0) is 50.5 Å². The van der Waals surface area contributed by atoms with E-state index in [0.717, 1.165) is 16.7 Å². The van der Waals surface area contributed by atoms with Crippen molar-refractivity contribution in [2.24, 2.45) is 0 Å². The van der Waals surface area contributed by atoms with Crippen molar-refractivity contribution in [1.82, 2.24) is 10.2 Å². The third kappa shape index (κ3) is 5.18. The van der Waals surface area contributed by atoms with E-state index in [1.54, 1.807) is 4.90 Å². The highest BCUT2D eigenvalue weighted by molar-refractivity contribution is 6.09. The van der Waals surface area contributed by atoms with Gasteiger partial charge in [-0.25, -0.2) is 8.78 Å². The zero-order valence-electron chi connectivity index (χ0n) is 19.2. The Kier molecular flexibility index (Phi) is 6.40. The summed E-state index contributed by atoms with van der Waals surface area (Å²) in [7, 11) is 0. The molecule has 1 saturated heterocycles. The number of nitrogens with one attached hydrogen (secondary N) is 1. The predicted octanol–water partition coefficient (Wildman–Crippen LogP) is 5.95. The third-order valence-electron chi connectivity index (χ3n) is 6.04. The number of halogens is 2. The lowest BCUT2D eigenvalue weighted by atomic mass is 10.0. The van der Waals surface area contributed by atoms with Crippen molar-refractivity contribution in [3.63, 3.8) is 0 Å². The van der Waals surface area contributed by atoms with Crippen LogP contribution in [0.5, 0.6) is 0 Å². The molecule has 1 aromatic heterocycles. The Bertz CT molecular complexity index is 1160. The van der Waals surface area contributed by atoms with E-state index in [1.807, 2.05) is 69.3 Å². The lowest BCUT2D eigenvalue weighted by molar-refractivity contribution is -0.0102. The maximum atomic E-state index is 14.0. The van der Waals surface area contributed by atoms with E-state index in [1.165, 1.54) is 0 Å². The number of anilines is 2. The van der Waals surface area contributed by atoms with Gasteiger partial charge in [-0.15, -0.1) is 10.2 Å². The molecule has 2 aromatic carbocycles. The molecule has 1 amide bonds. The molecule has 0 atom stereocenters. The summed E-state index contributed by atoms with van der Waals surface area (Å²) >= 11 is 0. The molecule has 1 fully saturated rings. The van der Waals surface area contributed by atoms with Crippen molar-refractivity contribution < 1.29 is 13.6 Å². The number of aryl methyl sites for hydroxylation is 2. The van der Waals surface area contributed by atoms with Crippen molar-refractivity contribution in [2.75, 3.05) is 23.3 Å². The maximum absolute atomic E-state index is 14.0. The lowest BCUT2D eigenvalue weighted by Gasteiger charge is -2.25. The van der Waals surface area contributed by atoms with Gasteiger partial charge >= 0.3 is 0 Å². The van der Waals surface area contributed by atoms with Crippen molar-refractivity contribution >= 4 is 17.4 Å². The Hall–Kier alpha value is -3.35. The first-order valence-electron chi connectivity index (χ1n) is 11.2. The Morgan fingerprint density at radius 2 is 1.73 bits per heavy atom. The zero-order valence-corrected chi connectivity index (χ0v) is 19.2. The van der Waals surface area contributed by atoms with Crippen LogP contribution in [0.3, 0.4) is 0 Å². The summed E-state index contributed by atoms with van der Waals surface area (Å²) in [6.07, 6.45) is -0.110. The number of hydrogen-bond acceptors (Lipinski definition) is 4. The third-order valence-corrected chi connectivity index (χ3v) is 6.04. The van der Waals surface area contributed by atoms with Crippen molar-refractivity contribution in [3.05, 3.63) is 70.8 Å². The van der Waals surface area contributed by atoms with Gasteiger partial charge in [0.15, 0.2) is 5.82 Å². The highest BCUT2D eigenvalue weighted by atomic mass is 19.3. The van der Waals surface area contributed by atoms with Crippen molar-refractivity contribution in [2.45, 2.75) is 46.0 Å². The molecule has 0 radical (unpaired) electrons. The van der Waals surface area contributed by atoms with Crippen LogP contribution < -0.4 is 10.2 Å². The van der Waals surface area contributed by atoms with Crippen LogP contribution in [0.1, 0.15) is 46.3 Å². The van der Waals surface area contributed by atoms with Gasteiger partial charge in [0.2, 0.25) is 5.92 Å². The van der Waals surface area contributed by atoms with E-state index in [4.69, 9.17) is 0 Å². The molecule has 0 unspecified atom stereocenters. The largest absolute Gasteiger partial charge is 0.354 e. The van der Waals surface area contributed by atoms with E-state index in [9.17, 15) is 13.6 Å². The molecular weight excluding hydrogens is 422 g/mol. The monoisotopic (exact) mass is 450 g/mol. The number of rotatable bonds is 4. The molecule has 0 bridgehead atoms. The first kappa shape index (κ1) is 22.8. The molecule has 1 aliphatic heterocycles. The summed E-state index contributed by atoms with van der Waals surface area (Å²) in [5, 5.41) is 11.8.